The minimum absolute atomic E-state index is 0.0367. The number of ether oxygens (including phenoxy) is 3. The Morgan fingerprint density at radius 1 is 1.08 bits per heavy atom. The van der Waals surface area contributed by atoms with E-state index in [0.717, 1.165) is 0 Å². The molecule has 8 nitrogen and oxygen atoms in total. The van der Waals surface area contributed by atoms with E-state index in [4.69, 9.17) is 14.2 Å². The first-order chi connectivity index (χ1) is 12.0. The van der Waals surface area contributed by atoms with Crippen molar-refractivity contribution in [1.29, 1.82) is 0 Å². The first-order valence-corrected chi connectivity index (χ1v) is 8.89. The van der Waals surface area contributed by atoms with Crippen LogP contribution in [0, 0.1) is 0 Å². The fraction of sp³-hybridized carbons (Fsp3) is 0.188. The van der Waals surface area contributed by atoms with Crippen molar-refractivity contribution in [3.63, 3.8) is 0 Å². The second kappa shape index (κ2) is 5.55. The van der Waals surface area contributed by atoms with E-state index in [9.17, 15) is 13.2 Å². The zero-order valence-electron chi connectivity index (χ0n) is 13.2. The molecule has 2 aromatic carbocycles. The Morgan fingerprint density at radius 2 is 1.88 bits per heavy atom. The molecule has 2 heterocycles. The van der Waals surface area contributed by atoms with Crippen LogP contribution in [0.5, 0.6) is 17.2 Å². The molecule has 1 amide bonds. The van der Waals surface area contributed by atoms with Crippen molar-refractivity contribution in [1.82, 2.24) is 0 Å². The highest BCUT2D eigenvalue weighted by Crippen LogP contribution is 2.39. The molecule has 0 aliphatic carbocycles. The number of benzene rings is 2. The molecule has 2 aliphatic heterocycles. The number of hydrogen-bond donors (Lipinski definition) is 1. The van der Waals surface area contributed by atoms with Gasteiger partial charge in [0.2, 0.25) is 6.79 Å². The third-order valence-corrected chi connectivity index (χ3v) is 5.33. The summed E-state index contributed by atoms with van der Waals surface area (Å²) >= 11 is 0. The average molecular weight is 362 g/mol. The number of hydrogen-bond acceptors (Lipinski definition) is 6. The van der Waals surface area contributed by atoms with E-state index in [2.05, 4.69) is 4.72 Å². The summed E-state index contributed by atoms with van der Waals surface area (Å²) in [4.78, 5) is 13.2. The summed E-state index contributed by atoms with van der Waals surface area (Å²) in [5.74, 6) is 0.983. The van der Waals surface area contributed by atoms with Gasteiger partial charge in [-0.05, 0) is 24.3 Å². The molecule has 25 heavy (non-hydrogen) atoms. The highest BCUT2D eigenvalue weighted by atomic mass is 32.2. The van der Waals surface area contributed by atoms with E-state index in [1.165, 1.54) is 17.0 Å². The van der Waals surface area contributed by atoms with Gasteiger partial charge in [-0.3, -0.25) is 9.52 Å². The number of fused-ring (bicyclic) bond motifs is 2. The van der Waals surface area contributed by atoms with Crippen molar-refractivity contribution in [3.05, 3.63) is 36.4 Å². The average Bonchev–Trinajstić information content (AvgIpc) is 3.06. The Morgan fingerprint density at radius 3 is 2.72 bits per heavy atom. The van der Waals surface area contributed by atoms with Gasteiger partial charge in [0.15, 0.2) is 23.9 Å². The van der Waals surface area contributed by atoms with E-state index in [0.29, 0.717) is 22.9 Å². The Bertz CT molecular complexity index is 973. The molecule has 2 aromatic rings. The molecular weight excluding hydrogens is 348 g/mol. The van der Waals surface area contributed by atoms with Crippen LogP contribution >= 0.6 is 0 Å². The number of nitrogens with zero attached hydrogens (tertiary/aromatic N) is 1. The first kappa shape index (κ1) is 15.6. The van der Waals surface area contributed by atoms with E-state index >= 15 is 0 Å². The fourth-order valence-corrected chi connectivity index (χ4v) is 3.71. The number of nitrogens with one attached hydrogen (secondary N) is 1. The van der Waals surface area contributed by atoms with Gasteiger partial charge in [-0.25, -0.2) is 8.42 Å². The van der Waals surface area contributed by atoms with Crippen LogP contribution in [0.3, 0.4) is 0 Å². The molecule has 0 saturated carbocycles. The van der Waals surface area contributed by atoms with Crippen LogP contribution in [0.2, 0.25) is 0 Å². The molecule has 0 bridgehead atoms. The van der Waals surface area contributed by atoms with Gasteiger partial charge in [0, 0.05) is 13.1 Å². The standard InChI is InChI=1S/C16H14N2O6S/c1-18-12-4-2-3-11(16(12)22-8-15(18)19)17-25(20,21)10-5-6-13-14(7-10)24-9-23-13/h2-7,17H,8-9H2,1H3. The van der Waals surface area contributed by atoms with Crippen molar-refractivity contribution in [2.24, 2.45) is 0 Å². The molecule has 0 fully saturated rings. The van der Waals surface area contributed by atoms with Crippen LogP contribution in [0.4, 0.5) is 11.4 Å². The van der Waals surface area contributed by atoms with Gasteiger partial charge in [-0.2, -0.15) is 0 Å². The Balaban J connectivity index is 1.69. The monoisotopic (exact) mass is 362 g/mol. The van der Waals surface area contributed by atoms with Crippen LogP contribution in [-0.4, -0.2) is 34.8 Å². The quantitative estimate of drug-likeness (QED) is 0.891. The summed E-state index contributed by atoms with van der Waals surface area (Å²) in [5, 5.41) is 0. The smallest absolute Gasteiger partial charge is 0.264 e. The summed E-state index contributed by atoms with van der Waals surface area (Å²) in [6, 6.07) is 9.28. The third-order valence-electron chi connectivity index (χ3n) is 3.97. The number of para-hydroxylation sites is 1. The lowest BCUT2D eigenvalue weighted by molar-refractivity contribution is -0.120. The topological polar surface area (TPSA) is 94.2 Å². The van der Waals surface area contributed by atoms with Crippen LogP contribution in [-0.2, 0) is 14.8 Å². The van der Waals surface area contributed by atoms with Gasteiger partial charge >= 0.3 is 0 Å². The first-order valence-electron chi connectivity index (χ1n) is 7.40. The molecule has 0 radical (unpaired) electrons. The molecule has 2 aliphatic rings. The predicted octanol–water partition coefficient (Wildman–Crippen LogP) is 1.57. The van der Waals surface area contributed by atoms with Crippen molar-refractivity contribution in [2.45, 2.75) is 4.90 Å². The number of amides is 1. The number of likely N-dealkylation sites (N-methyl/N-ethyl adjacent to an activating group) is 1. The zero-order valence-corrected chi connectivity index (χ0v) is 14.0. The van der Waals surface area contributed by atoms with Gasteiger partial charge in [-0.15, -0.1) is 0 Å². The van der Waals surface area contributed by atoms with E-state index < -0.39 is 10.0 Å². The molecule has 0 unspecified atom stereocenters. The summed E-state index contributed by atoms with van der Waals surface area (Å²) in [7, 11) is -2.26. The van der Waals surface area contributed by atoms with Gasteiger partial charge in [0.1, 0.15) is 0 Å². The predicted molar refractivity (Wildman–Crippen MR) is 88.7 cm³/mol. The van der Waals surface area contributed by atoms with Gasteiger partial charge in [0.25, 0.3) is 15.9 Å². The molecule has 9 heteroatoms. The number of carbonyl (C=O) groups excluding carboxylic acids is 1. The van der Waals surface area contributed by atoms with Crippen molar-refractivity contribution < 1.29 is 27.4 Å². The Kier molecular flexibility index (Phi) is 3.46. The van der Waals surface area contributed by atoms with Crippen molar-refractivity contribution >= 4 is 27.3 Å². The number of anilines is 2. The number of rotatable bonds is 3. The third kappa shape index (κ3) is 2.62. The summed E-state index contributed by atoms with van der Waals surface area (Å²) in [6.45, 7) is -0.0844. The van der Waals surface area contributed by atoms with Crippen LogP contribution in [0.1, 0.15) is 0 Å². The van der Waals surface area contributed by atoms with E-state index in [-0.39, 0.29) is 29.9 Å². The number of carbonyl (C=O) groups is 1. The molecule has 0 saturated heterocycles. The molecule has 0 atom stereocenters. The van der Waals surface area contributed by atoms with E-state index in [1.807, 2.05) is 0 Å². The van der Waals surface area contributed by atoms with E-state index in [1.54, 1.807) is 31.3 Å². The molecule has 0 spiro atoms. The summed E-state index contributed by atoms with van der Waals surface area (Å²) < 4.78 is 43.7. The normalized spacial score (nSPS) is 15.6. The maximum absolute atomic E-state index is 12.7. The van der Waals surface area contributed by atoms with Crippen molar-refractivity contribution in [2.75, 3.05) is 30.1 Å². The highest BCUT2D eigenvalue weighted by molar-refractivity contribution is 7.92. The minimum atomic E-state index is -3.87. The van der Waals surface area contributed by atoms with Crippen molar-refractivity contribution in [3.8, 4) is 17.2 Å². The SMILES string of the molecule is CN1C(=O)COc2c(NS(=O)(=O)c3ccc4c(c3)OCO4)cccc21. The lowest BCUT2D eigenvalue weighted by atomic mass is 10.2. The zero-order chi connectivity index (χ0) is 17.6. The lowest BCUT2D eigenvalue weighted by Crippen LogP contribution is -2.35. The molecule has 0 aromatic heterocycles. The lowest BCUT2D eigenvalue weighted by Gasteiger charge is -2.27. The summed E-state index contributed by atoms with van der Waals surface area (Å²) in [6.07, 6.45) is 0. The number of sulfonamides is 1. The second-order valence-electron chi connectivity index (χ2n) is 5.52. The highest BCUT2D eigenvalue weighted by Gasteiger charge is 2.27. The maximum Gasteiger partial charge on any atom is 0.264 e. The van der Waals surface area contributed by atoms with Gasteiger partial charge < -0.3 is 19.1 Å². The molecule has 4 rings (SSSR count). The largest absolute Gasteiger partial charge is 0.479 e. The Hall–Kier alpha value is -2.94. The molecular formula is C16H14N2O6S. The maximum atomic E-state index is 12.7. The molecule has 1 N–H and O–H groups in total. The summed E-state index contributed by atoms with van der Waals surface area (Å²) in [5.41, 5.74) is 0.761. The minimum Gasteiger partial charge on any atom is -0.479 e. The Labute approximate surface area is 144 Å². The van der Waals surface area contributed by atoms with Gasteiger partial charge in [0.05, 0.1) is 16.3 Å². The van der Waals surface area contributed by atoms with Gasteiger partial charge in [-0.1, -0.05) is 6.07 Å². The van der Waals surface area contributed by atoms with Crippen LogP contribution in [0.15, 0.2) is 41.3 Å². The fourth-order valence-electron chi connectivity index (χ4n) is 2.63. The second-order valence-corrected chi connectivity index (χ2v) is 7.20. The molecule has 130 valence electrons. The van der Waals surface area contributed by atoms with Crippen LogP contribution < -0.4 is 23.8 Å². The van der Waals surface area contributed by atoms with Crippen LogP contribution in [0.25, 0.3) is 0 Å².